The van der Waals surface area contributed by atoms with Gasteiger partial charge in [0.15, 0.2) is 0 Å². The van der Waals surface area contributed by atoms with E-state index in [2.05, 4.69) is 10.0 Å². The molecule has 0 saturated carbocycles. The maximum absolute atomic E-state index is 11.0. The molecular formula is C10H10ClN3O. The predicted molar refractivity (Wildman–Crippen MR) is 58.6 cm³/mol. The van der Waals surface area contributed by atoms with Gasteiger partial charge in [0.25, 0.3) is 0 Å². The maximum Gasteiger partial charge on any atom is 0.130 e. The molecule has 0 aliphatic heterocycles. The van der Waals surface area contributed by atoms with Crippen LogP contribution in [-0.2, 0) is 4.79 Å². The average molecular weight is 224 g/mol. The first kappa shape index (κ1) is 11.6. The summed E-state index contributed by atoms with van der Waals surface area (Å²) in [6, 6.07) is 6.52. The highest BCUT2D eigenvalue weighted by Crippen LogP contribution is 2.28. The van der Waals surface area contributed by atoms with Crippen LogP contribution in [0.3, 0.4) is 0 Å². The van der Waals surface area contributed by atoms with Crippen LogP contribution in [0.15, 0.2) is 29.4 Å². The topological polar surface area (TPSA) is 65.8 Å². The Morgan fingerprint density at radius 1 is 1.60 bits per heavy atom. The zero-order valence-electron chi connectivity index (χ0n) is 8.22. The third kappa shape index (κ3) is 3.27. The van der Waals surface area contributed by atoms with Crippen molar-refractivity contribution in [3.63, 3.8) is 0 Å². The number of hydrogen-bond donors (Lipinski definition) is 0. The number of hydrogen-bond acceptors (Lipinski definition) is 2. The Hall–Kier alpha value is -1.51. The lowest BCUT2D eigenvalue weighted by atomic mass is 10.0. The van der Waals surface area contributed by atoms with Crippen LogP contribution in [0.5, 0.6) is 0 Å². The first-order valence-corrected chi connectivity index (χ1v) is 4.81. The zero-order valence-corrected chi connectivity index (χ0v) is 8.98. The molecule has 1 rings (SSSR count). The molecule has 0 bridgehead atoms. The number of ketones is 1. The van der Waals surface area contributed by atoms with Crippen LogP contribution in [0.25, 0.3) is 10.4 Å². The lowest BCUT2D eigenvalue weighted by Gasteiger charge is -2.10. The Morgan fingerprint density at radius 3 is 2.80 bits per heavy atom. The van der Waals surface area contributed by atoms with Crippen LogP contribution in [-0.4, -0.2) is 5.78 Å². The molecule has 1 unspecified atom stereocenters. The van der Waals surface area contributed by atoms with Crippen molar-refractivity contribution in [3.05, 3.63) is 45.3 Å². The molecule has 0 fully saturated rings. The molecule has 0 saturated heterocycles. The highest BCUT2D eigenvalue weighted by atomic mass is 35.5. The highest BCUT2D eigenvalue weighted by Gasteiger charge is 2.14. The monoisotopic (exact) mass is 223 g/mol. The number of azide groups is 1. The van der Waals surface area contributed by atoms with Gasteiger partial charge in [-0.15, -0.1) is 0 Å². The Labute approximate surface area is 92.5 Å². The van der Waals surface area contributed by atoms with Crippen molar-refractivity contribution < 1.29 is 4.79 Å². The minimum Gasteiger partial charge on any atom is -0.300 e. The van der Waals surface area contributed by atoms with E-state index in [-0.39, 0.29) is 12.2 Å². The van der Waals surface area contributed by atoms with Gasteiger partial charge in [-0.2, -0.15) is 0 Å². The summed E-state index contributed by atoms with van der Waals surface area (Å²) in [7, 11) is 0. The minimum absolute atomic E-state index is 0.0349. The van der Waals surface area contributed by atoms with Gasteiger partial charge in [-0.05, 0) is 24.1 Å². The first-order valence-electron chi connectivity index (χ1n) is 4.43. The SMILES string of the molecule is CC(=O)CC(N=[N+]=[N-])c1ccccc1Cl. The van der Waals surface area contributed by atoms with E-state index in [4.69, 9.17) is 17.1 Å². The number of carbonyl (C=O) groups excluding carboxylic acids is 1. The molecule has 0 aromatic heterocycles. The minimum atomic E-state index is -0.513. The number of carbonyl (C=O) groups is 1. The fourth-order valence-electron chi connectivity index (χ4n) is 1.29. The molecule has 0 heterocycles. The van der Waals surface area contributed by atoms with E-state index in [1.54, 1.807) is 24.3 Å². The molecule has 4 nitrogen and oxygen atoms in total. The van der Waals surface area contributed by atoms with Gasteiger partial charge < -0.3 is 4.79 Å². The summed E-state index contributed by atoms with van der Waals surface area (Å²) >= 11 is 5.94. The molecule has 15 heavy (non-hydrogen) atoms. The van der Waals surface area contributed by atoms with Gasteiger partial charge in [-0.25, -0.2) is 0 Å². The first-order chi connectivity index (χ1) is 7.15. The molecule has 0 amide bonds. The molecule has 0 aliphatic rings. The largest absolute Gasteiger partial charge is 0.300 e. The summed E-state index contributed by atoms with van der Waals surface area (Å²) in [6.07, 6.45) is 0.174. The van der Waals surface area contributed by atoms with Gasteiger partial charge in [0.2, 0.25) is 0 Å². The predicted octanol–water partition coefficient (Wildman–Crippen LogP) is 3.67. The van der Waals surface area contributed by atoms with E-state index in [0.717, 1.165) is 0 Å². The Morgan fingerprint density at radius 2 is 2.27 bits per heavy atom. The summed E-state index contributed by atoms with van der Waals surface area (Å²) in [6.45, 7) is 1.46. The van der Waals surface area contributed by atoms with E-state index < -0.39 is 6.04 Å². The Kier molecular flexibility index (Phi) is 4.16. The molecule has 1 atom stereocenters. The molecule has 1 aromatic rings. The summed E-state index contributed by atoms with van der Waals surface area (Å²) in [5, 5.41) is 4.08. The van der Waals surface area contributed by atoms with E-state index in [1.807, 2.05) is 0 Å². The quantitative estimate of drug-likeness (QED) is 0.436. The number of Topliss-reactive ketones (excluding diaryl/α,β-unsaturated/α-hetero) is 1. The van der Waals surface area contributed by atoms with Gasteiger partial charge in [0.1, 0.15) is 5.78 Å². The summed E-state index contributed by atoms with van der Waals surface area (Å²) in [5.41, 5.74) is 9.09. The van der Waals surface area contributed by atoms with Crippen molar-refractivity contribution in [1.82, 2.24) is 0 Å². The lowest BCUT2D eigenvalue weighted by molar-refractivity contribution is -0.117. The van der Waals surface area contributed by atoms with Crippen LogP contribution in [0.2, 0.25) is 5.02 Å². The van der Waals surface area contributed by atoms with Gasteiger partial charge in [-0.1, -0.05) is 34.9 Å². The standard InChI is InChI=1S/C10H10ClN3O/c1-7(15)6-10(13-14-12)8-4-2-3-5-9(8)11/h2-5,10H,6H2,1H3. The van der Waals surface area contributed by atoms with Crippen LogP contribution < -0.4 is 0 Å². The number of benzene rings is 1. The number of rotatable bonds is 4. The van der Waals surface area contributed by atoms with Crippen LogP contribution in [0, 0.1) is 0 Å². The van der Waals surface area contributed by atoms with Crippen LogP contribution in [0.1, 0.15) is 24.9 Å². The van der Waals surface area contributed by atoms with Gasteiger partial charge in [0.05, 0.1) is 6.04 Å². The highest BCUT2D eigenvalue weighted by molar-refractivity contribution is 6.31. The zero-order chi connectivity index (χ0) is 11.3. The Balaban J connectivity index is 3.03. The lowest BCUT2D eigenvalue weighted by Crippen LogP contribution is -2.01. The number of nitrogens with zero attached hydrogens (tertiary/aromatic N) is 3. The molecule has 1 aromatic carbocycles. The number of halogens is 1. The normalized spacial score (nSPS) is 11.6. The van der Waals surface area contributed by atoms with E-state index in [1.165, 1.54) is 6.92 Å². The average Bonchev–Trinajstić information content (AvgIpc) is 2.17. The second-order valence-electron chi connectivity index (χ2n) is 3.15. The molecule has 0 aliphatic carbocycles. The molecule has 0 spiro atoms. The molecule has 0 radical (unpaired) electrons. The van der Waals surface area contributed by atoms with Crippen molar-refractivity contribution in [2.75, 3.05) is 0 Å². The van der Waals surface area contributed by atoms with E-state index in [9.17, 15) is 4.79 Å². The van der Waals surface area contributed by atoms with E-state index in [0.29, 0.717) is 10.6 Å². The second kappa shape index (κ2) is 5.39. The molecular weight excluding hydrogens is 214 g/mol. The third-order valence-electron chi connectivity index (χ3n) is 1.94. The van der Waals surface area contributed by atoms with Crippen molar-refractivity contribution in [3.8, 4) is 0 Å². The smallest absolute Gasteiger partial charge is 0.130 e. The summed E-state index contributed by atoms with van der Waals surface area (Å²) < 4.78 is 0. The summed E-state index contributed by atoms with van der Waals surface area (Å²) in [5.74, 6) is -0.0349. The van der Waals surface area contributed by atoms with Gasteiger partial charge in [-0.3, -0.25) is 0 Å². The van der Waals surface area contributed by atoms with Gasteiger partial charge in [0, 0.05) is 16.4 Å². The van der Waals surface area contributed by atoms with Crippen LogP contribution >= 0.6 is 11.6 Å². The fraction of sp³-hybridized carbons (Fsp3) is 0.300. The fourth-order valence-corrected chi connectivity index (χ4v) is 1.55. The maximum atomic E-state index is 11.0. The second-order valence-corrected chi connectivity index (χ2v) is 3.56. The van der Waals surface area contributed by atoms with E-state index >= 15 is 0 Å². The van der Waals surface area contributed by atoms with Crippen LogP contribution in [0.4, 0.5) is 0 Å². The molecule has 78 valence electrons. The van der Waals surface area contributed by atoms with Crippen molar-refractivity contribution in [1.29, 1.82) is 0 Å². The van der Waals surface area contributed by atoms with Crippen molar-refractivity contribution >= 4 is 17.4 Å². The Bertz CT molecular complexity index is 413. The third-order valence-corrected chi connectivity index (χ3v) is 2.28. The molecule has 0 N–H and O–H groups in total. The van der Waals surface area contributed by atoms with Gasteiger partial charge >= 0.3 is 0 Å². The summed E-state index contributed by atoms with van der Waals surface area (Å²) in [4.78, 5) is 13.7. The molecule has 5 heteroatoms. The van der Waals surface area contributed by atoms with Crippen molar-refractivity contribution in [2.45, 2.75) is 19.4 Å². The van der Waals surface area contributed by atoms with Crippen molar-refractivity contribution in [2.24, 2.45) is 5.11 Å².